The van der Waals surface area contributed by atoms with Gasteiger partial charge in [0.05, 0.1) is 6.61 Å². The van der Waals surface area contributed by atoms with Gasteiger partial charge in [0.25, 0.3) is 0 Å². The minimum Gasteiger partial charge on any atom is -0.456 e. The monoisotopic (exact) mass is 230 g/mol. The number of carbonyl (C=O) groups excluding carboxylic acids is 2. The fraction of sp³-hybridized carbons (Fsp3) is 0.286. The van der Waals surface area contributed by atoms with Crippen LogP contribution in [0.4, 0.5) is 0 Å². The smallest absolute Gasteiger partial charge is 0.384 e. The van der Waals surface area contributed by atoms with Crippen LogP contribution in [0.5, 0.6) is 0 Å². The molecule has 0 atom stereocenters. The highest BCUT2D eigenvalue weighted by Gasteiger charge is 2.02. The van der Waals surface area contributed by atoms with Crippen LogP contribution in [-0.4, -0.2) is 18.4 Å². The number of benzene rings is 1. The highest BCUT2D eigenvalue weighted by molar-refractivity contribution is 5.95. The maximum absolute atomic E-state index is 11.2. The molecular formula is C14H14O3. The number of carbonyl (C=O) groups is 2. The zero-order valence-electron chi connectivity index (χ0n) is 10.2. The van der Waals surface area contributed by atoms with Gasteiger partial charge in [-0.05, 0) is 32.4 Å². The SMILES string of the molecule is CCOC(=O)C#Cc1cc(C(C)=O)ccc1C. The van der Waals surface area contributed by atoms with E-state index in [0.29, 0.717) is 17.7 Å². The highest BCUT2D eigenvalue weighted by Crippen LogP contribution is 2.10. The predicted molar refractivity (Wildman–Crippen MR) is 64.7 cm³/mol. The second-order valence-electron chi connectivity index (χ2n) is 3.56. The first-order valence-electron chi connectivity index (χ1n) is 5.35. The van der Waals surface area contributed by atoms with Crippen LogP contribution < -0.4 is 0 Å². The molecule has 0 amide bonds. The summed E-state index contributed by atoms with van der Waals surface area (Å²) in [6.07, 6.45) is 0. The van der Waals surface area contributed by atoms with Crippen molar-refractivity contribution in [2.45, 2.75) is 20.8 Å². The Balaban J connectivity index is 3.01. The van der Waals surface area contributed by atoms with E-state index >= 15 is 0 Å². The maximum Gasteiger partial charge on any atom is 0.384 e. The minimum atomic E-state index is -0.555. The second kappa shape index (κ2) is 5.86. The van der Waals surface area contributed by atoms with Crippen molar-refractivity contribution in [3.63, 3.8) is 0 Å². The lowest BCUT2D eigenvalue weighted by atomic mass is 10.0. The van der Waals surface area contributed by atoms with Gasteiger partial charge < -0.3 is 4.74 Å². The number of ketones is 1. The summed E-state index contributed by atoms with van der Waals surface area (Å²) in [5.41, 5.74) is 2.18. The first kappa shape index (κ1) is 13.0. The third kappa shape index (κ3) is 3.76. The zero-order chi connectivity index (χ0) is 12.8. The van der Waals surface area contributed by atoms with E-state index in [9.17, 15) is 9.59 Å². The Labute approximate surface area is 101 Å². The van der Waals surface area contributed by atoms with Crippen molar-refractivity contribution in [1.82, 2.24) is 0 Å². The normalized spacial score (nSPS) is 9.12. The van der Waals surface area contributed by atoms with Gasteiger partial charge in [0.1, 0.15) is 0 Å². The fourth-order valence-electron chi connectivity index (χ4n) is 1.26. The van der Waals surface area contributed by atoms with E-state index < -0.39 is 5.97 Å². The quantitative estimate of drug-likeness (QED) is 0.444. The molecule has 0 saturated heterocycles. The lowest BCUT2D eigenvalue weighted by Crippen LogP contribution is -2.00. The summed E-state index contributed by atoms with van der Waals surface area (Å²) < 4.78 is 4.70. The van der Waals surface area contributed by atoms with Gasteiger partial charge >= 0.3 is 5.97 Å². The van der Waals surface area contributed by atoms with Crippen molar-refractivity contribution in [3.05, 3.63) is 34.9 Å². The number of aryl methyl sites for hydroxylation is 1. The van der Waals surface area contributed by atoms with Crippen molar-refractivity contribution in [3.8, 4) is 11.8 Å². The number of ether oxygens (including phenoxy) is 1. The molecule has 0 aliphatic carbocycles. The minimum absolute atomic E-state index is 0.0239. The molecule has 0 N–H and O–H groups in total. The van der Waals surface area contributed by atoms with E-state index in [0.717, 1.165) is 5.56 Å². The molecule has 17 heavy (non-hydrogen) atoms. The van der Waals surface area contributed by atoms with Gasteiger partial charge in [-0.3, -0.25) is 4.79 Å². The molecule has 0 unspecified atom stereocenters. The first-order valence-corrected chi connectivity index (χ1v) is 5.35. The molecule has 0 aliphatic rings. The van der Waals surface area contributed by atoms with Crippen molar-refractivity contribution >= 4 is 11.8 Å². The van der Waals surface area contributed by atoms with Crippen LogP contribution in [0.3, 0.4) is 0 Å². The molecule has 0 aliphatic heterocycles. The number of esters is 1. The van der Waals surface area contributed by atoms with Crippen molar-refractivity contribution < 1.29 is 14.3 Å². The molecule has 1 aromatic carbocycles. The fourth-order valence-corrected chi connectivity index (χ4v) is 1.26. The standard InChI is InChI=1S/C14H14O3/c1-4-17-14(16)8-7-12-9-13(11(3)15)6-5-10(12)2/h5-6,9H,4H2,1-3H3. The number of rotatable bonds is 2. The molecule has 0 heterocycles. The molecule has 1 aromatic rings. The molecule has 0 radical (unpaired) electrons. The Hall–Kier alpha value is -2.08. The summed E-state index contributed by atoms with van der Waals surface area (Å²) in [6.45, 7) is 5.40. The molecule has 1 rings (SSSR count). The molecule has 3 nitrogen and oxygen atoms in total. The molecule has 3 heteroatoms. The van der Waals surface area contributed by atoms with Gasteiger partial charge in [-0.2, -0.15) is 0 Å². The summed E-state index contributed by atoms with van der Waals surface area (Å²) in [5.74, 6) is 4.52. The topological polar surface area (TPSA) is 43.4 Å². The second-order valence-corrected chi connectivity index (χ2v) is 3.56. The van der Waals surface area contributed by atoms with Crippen molar-refractivity contribution in [1.29, 1.82) is 0 Å². The number of Topliss-reactive ketones (excluding diaryl/α,β-unsaturated/α-hetero) is 1. The average molecular weight is 230 g/mol. The molecule has 0 saturated carbocycles. The lowest BCUT2D eigenvalue weighted by Gasteiger charge is -2.00. The van der Waals surface area contributed by atoms with Gasteiger partial charge in [-0.25, -0.2) is 4.79 Å². The van der Waals surface area contributed by atoms with Crippen LogP contribution in [0.15, 0.2) is 18.2 Å². The van der Waals surface area contributed by atoms with Crippen LogP contribution in [0.2, 0.25) is 0 Å². The largest absolute Gasteiger partial charge is 0.456 e. The summed E-state index contributed by atoms with van der Waals surface area (Å²) >= 11 is 0. The molecule has 88 valence electrons. The third-order valence-corrected chi connectivity index (χ3v) is 2.22. The number of hydrogen-bond donors (Lipinski definition) is 0. The summed E-state index contributed by atoms with van der Waals surface area (Å²) in [5, 5.41) is 0. The first-order chi connectivity index (χ1) is 8.04. The Morgan fingerprint density at radius 3 is 2.65 bits per heavy atom. The Morgan fingerprint density at radius 2 is 2.06 bits per heavy atom. The van der Waals surface area contributed by atoms with E-state index in [1.54, 1.807) is 19.1 Å². The Kier molecular flexibility index (Phi) is 4.47. The van der Waals surface area contributed by atoms with E-state index in [4.69, 9.17) is 4.74 Å². The summed E-state index contributed by atoms with van der Waals surface area (Å²) in [6, 6.07) is 5.24. The van der Waals surface area contributed by atoms with E-state index in [1.807, 2.05) is 13.0 Å². The molecule has 0 bridgehead atoms. The third-order valence-electron chi connectivity index (χ3n) is 2.22. The zero-order valence-corrected chi connectivity index (χ0v) is 10.2. The van der Waals surface area contributed by atoms with Crippen molar-refractivity contribution in [2.24, 2.45) is 0 Å². The van der Waals surface area contributed by atoms with Crippen LogP contribution in [0.25, 0.3) is 0 Å². The van der Waals surface area contributed by atoms with Gasteiger partial charge in [0.2, 0.25) is 0 Å². The maximum atomic E-state index is 11.2. The Bertz CT molecular complexity index is 504. The van der Waals surface area contributed by atoms with E-state index in [1.165, 1.54) is 6.92 Å². The van der Waals surface area contributed by atoms with Gasteiger partial charge in [0.15, 0.2) is 5.78 Å². The van der Waals surface area contributed by atoms with Crippen LogP contribution >= 0.6 is 0 Å². The Morgan fingerprint density at radius 1 is 1.35 bits per heavy atom. The number of hydrogen-bond acceptors (Lipinski definition) is 3. The van der Waals surface area contributed by atoms with E-state index in [2.05, 4.69) is 11.8 Å². The van der Waals surface area contributed by atoms with Gasteiger partial charge in [-0.1, -0.05) is 18.1 Å². The molecular weight excluding hydrogens is 216 g/mol. The van der Waals surface area contributed by atoms with Gasteiger partial charge in [-0.15, -0.1) is 0 Å². The van der Waals surface area contributed by atoms with Crippen molar-refractivity contribution in [2.75, 3.05) is 6.61 Å². The average Bonchev–Trinajstić information content (AvgIpc) is 2.28. The summed E-state index contributed by atoms with van der Waals surface area (Å²) in [4.78, 5) is 22.3. The van der Waals surface area contributed by atoms with Crippen LogP contribution in [-0.2, 0) is 9.53 Å². The molecule has 0 spiro atoms. The summed E-state index contributed by atoms with van der Waals surface area (Å²) in [7, 11) is 0. The molecule has 0 fully saturated rings. The van der Waals surface area contributed by atoms with Gasteiger partial charge in [0, 0.05) is 17.0 Å². The van der Waals surface area contributed by atoms with Crippen LogP contribution in [0.1, 0.15) is 35.3 Å². The van der Waals surface area contributed by atoms with Crippen LogP contribution in [0, 0.1) is 18.8 Å². The highest BCUT2D eigenvalue weighted by atomic mass is 16.5. The van der Waals surface area contributed by atoms with E-state index in [-0.39, 0.29) is 5.78 Å². The predicted octanol–water partition coefficient (Wildman–Crippen LogP) is 2.11. The molecule has 0 aromatic heterocycles. The lowest BCUT2D eigenvalue weighted by molar-refractivity contribution is -0.136.